The second kappa shape index (κ2) is 6.36. The van der Waals surface area contributed by atoms with Gasteiger partial charge in [0.15, 0.2) is 0 Å². The molecule has 3 heterocycles. The maximum absolute atomic E-state index is 12.6. The zero-order valence-electron chi connectivity index (χ0n) is 12.7. The van der Waals surface area contributed by atoms with Gasteiger partial charge in [-0.05, 0) is 23.8 Å². The van der Waals surface area contributed by atoms with Crippen LogP contribution in [-0.4, -0.2) is 38.8 Å². The van der Waals surface area contributed by atoms with Gasteiger partial charge in [0, 0.05) is 45.5 Å². The predicted molar refractivity (Wildman–Crippen MR) is 96.4 cm³/mol. The van der Waals surface area contributed by atoms with Crippen LogP contribution in [0.5, 0.6) is 0 Å². The molecule has 0 atom stereocenters. The van der Waals surface area contributed by atoms with Gasteiger partial charge in [0.2, 0.25) is 0 Å². The smallest absolute Gasteiger partial charge is 0.270 e. The summed E-state index contributed by atoms with van der Waals surface area (Å²) < 4.78 is 0. The topological polar surface area (TPSA) is 64.8 Å². The van der Waals surface area contributed by atoms with Crippen LogP contribution < -0.4 is 0 Å². The third kappa shape index (κ3) is 2.81. The van der Waals surface area contributed by atoms with Crippen molar-refractivity contribution in [3.8, 4) is 11.1 Å². The Morgan fingerprint density at radius 1 is 1.26 bits per heavy atom. The van der Waals surface area contributed by atoms with Crippen LogP contribution in [0.2, 0.25) is 0 Å². The number of nitrogens with zero attached hydrogens (tertiary/aromatic N) is 2. The maximum atomic E-state index is 12.6. The Bertz CT molecular complexity index is 859. The highest BCUT2D eigenvalue weighted by Crippen LogP contribution is 2.27. The first kappa shape index (κ1) is 14.8. The van der Waals surface area contributed by atoms with Gasteiger partial charge < -0.3 is 14.9 Å². The highest BCUT2D eigenvalue weighted by atomic mass is 16.2. The summed E-state index contributed by atoms with van der Waals surface area (Å²) in [5, 5.41) is 1.03. The number of hydrogen-bond acceptors (Lipinski definition) is 2. The molecular formula is C18H22N4O. The molecule has 3 rings (SSSR count). The molecule has 0 aliphatic heterocycles. The molecule has 0 fully saturated rings. The van der Waals surface area contributed by atoms with Gasteiger partial charge in [-0.25, -0.2) is 4.98 Å². The molecule has 0 unspecified atom stereocenters. The van der Waals surface area contributed by atoms with Gasteiger partial charge in [0.25, 0.3) is 5.91 Å². The standard InChI is InChI=1S/C18H18N4O.2H2/c1-3-9-22(10-4-2)18(23)16-11-13(12-21-16)14-5-7-19-17-15(14)6-8-20-17;;/h3-8,11-12,21H,1-2,9-10H2,(H,19,20);2*1H. The first-order valence-corrected chi connectivity index (χ1v) is 7.36. The Morgan fingerprint density at radius 2 is 2.04 bits per heavy atom. The minimum absolute atomic E-state index is 0. The van der Waals surface area contributed by atoms with Crippen LogP contribution in [0.25, 0.3) is 22.2 Å². The molecule has 120 valence electrons. The minimum Gasteiger partial charge on any atom is -0.357 e. The molecule has 5 heteroatoms. The lowest BCUT2D eigenvalue weighted by molar-refractivity contribution is 0.0786. The summed E-state index contributed by atoms with van der Waals surface area (Å²) in [6, 6.07) is 5.79. The fourth-order valence-corrected chi connectivity index (χ4v) is 2.61. The number of fused-ring (bicyclic) bond motifs is 1. The first-order chi connectivity index (χ1) is 11.2. The van der Waals surface area contributed by atoms with Crippen molar-refractivity contribution in [1.82, 2.24) is 19.9 Å². The van der Waals surface area contributed by atoms with Crippen molar-refractivity contribution in [1.29, 1.82) is 0 Å². The number of carbonyl (C=O) groups is 1. The number of aromatic nitrogens is 3. The van der Waals surface area contributed by atoms with Crippen molar-refractivity contribution in [2.75, 3.05) is 13.1 Å². The quantitative estimate of drug-likeness (QED) is 0.679. The molecule has 0 radical (unpaired) electrons. The summed E-state index contributed by atoms with van der Waals surface area (Å²) in [4.78, 5) is 24.7. The summed E-state index contributed by atoms with van der Waals surface area (Å²) in [5.41, 5.74) is 3.36. The maximum Gasteiger partial charge on any atom is 0.270 e. The number of amides is 1. The van der Waals surface area contributed by atoms with Crippen LogP contribution in [0.4, 0.5) is 0 Å². The molecule has 0 saturated heterocycles. The third-order valence-corrected chi connectivity index (χ3v) is 3.67. The highest BCUT2D eigenvalue weighted by molar-refractivity contribution is 5.97. The Kier molecular flexibility index (Phi) is 4.10. The zero-order chi connectivity index (χ0) is 16.2. The highest BCUT2D eigenvalue weighted by Gasteiger charge is 2.16. The SMILES string of the molecule is C=CCN(CC=C)C(=O)c1cc(-c2ccnc3[nH]ccc23)c[nH]1.[HH].[HH]. The van der Waals surface area contributed by atoms with E-state index in [1.807, 2.05) is 30.6 Å². The van der Waals surface area contributed by atoms with E-state index >= 15 is 0 Å². The monoisotopic (exact) mass is 310 g/mol. The molecule has 3 aromatic rings. The average molecular weight is 310 g/mol. The summed E-state index contributed by atoms with van der Waals surface area (Å²) in [6.07, 6.45) is 8.87. The summed E-state index contributed by atoms with van der Waals surface area (Å²) in [6.45, 7) is 8.35. The van der Waals surface area contributed by atoms with E-state index in [9.17, 15) is 4.79 Å². The molecule has 0 aliphatic carbocycles. The lowest BCUT2D eigenvalue weighted by atomic mass is 10.1. The molecule has 3 aromatic heterocycles. The van der Waals surface area contributed by atoms with Crippen molar-refractivity contribution in [2.24, 2.45) is 0 Å². The van der Waals surface area contributed by atoms with Crippen molar-refractivity contribution < 1.29 is 7.65 Å². The molecule has 23 heavy (non-hydrogen) atoms. The van der Waals surface area contributed by atoms with E-state index in [4.69, 9.17) is 0 Å². The number of carbonyl (C=O) groups excluding carboxylic acids is 1. The summed E-state index contributed by atoms with van der Waals surface area (Å²) >= 11 is 0. The van der Waals surface area contributed by atoms with Gasteiger partial charge in [-0.15, -0.1) is 13.2 Å². The summed E-state index contributed by atoms with van der Waals surface area (Å²) in [7, 11) is 0. The first-order valence-electron chi connectivity index (χ1n) is 7.36. The fraction of sp³-hybridized carbons (Fsp3) is 0.111. The van der Waals surface area contributed by atoms with E-state index in [1.54, 1.807) is 23.2 Å². The van der Waals surface area contributed by atoms with E-state index in [-0.39, 0.29) is 8.76 Å². The number of pyridine rings is 1. The molecule has 0 aliphatic rings. The minimum atomic E-state index is -0.0737. The van der Waals surface area contributed by atoms with Crippen LogP contribution in [-0.2, 0) is 0 Å². The predicted octanol–water partition coefficient (Wildman–Crippen LogP) is 3.86. The number of nitrogens with one attached hydrogen (secondary N) is 2. The zero-order valence-corrected chi connectivity index (χ0v) is 12.7. The number of rotatable bonds is 6. The van der Waals surface area contributed by atoms with E-state index in [0.29, 0.717) is 18.8 Å². The van der Waals surface area contributed by atoms with E-state index < -0.39 is 0 Å². The fourth-order valence-electron chi connectivity index (χ4n) is 2.61. The van der Waals surface area contributed by atoms with E-state index in [2.05, 4.69) is 28.1 Å². The Labute approximate surface area is 137 Å². The van der Waals surface area contributed by atoms with Gasteiger partial charge >= 0.3 is 0 Å². The van der Waals surface area contributed by atoms with Crippen molar-refractivity contribution in [3.63, 3.8) is 0 Å². The van der Waals surface area contributed by atoms with E-state index in [0.717, 1.165) is 22.2 Å². The molecule has 5 nitrogen and oxygen atoms in total. The summed E-state index contributed by atoms with van der Waals surface area (Å²) in [5.74, 6) is -0.0737. The number of aromatic amines is 2. The Hall–Kier alpha value is -3.08. The van der Waals surface area contributed by atoms with Gasteiger partial charge in [0.1, 0.15) is 11.3 Å². The van der Waals surface area contributed by atoms with Crippen molar-refractivity contribution >= 4 is 16.9 Å². The van der Waals surface area contributed by atoms with E-state index in [1.165, 1.54) is 0 Å². The lowest BCUT2D eigenvalue weighted by Crippen LogP contribution is -2.31. The van der Waals surface area contributed by atoms with Crippen LogP contribution in [0.3, 0.4) is 0 Å². The van der Waals surface area contributed by atoms with Crippen LogP contribution in [0.15, 0.2) is 62.1 Å². The second-order valence-corrected chi connectivity index (χ2v) is 5.19. The second-order valence-electron chi connectivity index (χ2n) is 5.19. The molecule has 0 bridgehead atoms. The number of H-pyrrole nitrogens is 2. The largest absolute Gasteiger partial charge is 0.357 e. The van der Waals surface area contributed by atoms with Crippen molar-refractivity contribution in [2.45, 2.75) is 0 Å². The normalized spacial score (nSPS) is 10.6. The molecule has 2 N–H and O–H groups in total. The van der Waals surface area contributed by atoms with Gasteiger partial charge in [-0.2, -0.15) is 0 Å². The molecule has 0 spiro atoms. The van der Waals surface area contributed by atoms with Crippen LogP contribution in [0.1, 0.15) is 13.3 Å². The Morgan fingerprint density at radius 3 is 2.78 bits per heavy atom. The van der Waals surface area contributed by atoms with Crippen LogP contribution >= 0.6 is 0 Å². The van der Waals surface area contributed by atoms with Crippen LogP contribution in [0, 0.1) is 0 Å². The number of hydrogen-bond donors (Lipinski definition) is 2. The third-order valence-electron chi connectivity index (χ3n) is 3.67. The molecular weight excluding hydrogens is 288 g/mol. The molecule has 1 amide bonds. The average Bonchev–Trinajstić information content (AvgIpc) is 3.22. The van der Waals surface area contributed by atoms with Gasteiger partial charge in [0.05, 0.1) is 0 Å². The lowest BCUT2D eigenvalue weighted by Gasteiger charge is -2.18. The van der Waals surface area contributed by atoms with Gasteiger partial charge in [-0.3, -0.25) is 4.79 Å². The van der Waals surface area contributed by atoms with Gasteiger partial charge in [-0.1, -0.05) is 12.2 Å². The van der Waals surface area contributed by atoms with Crippen molar-refractivity contribution in [3.05, 3.63) is 67.8 Å². The Balaban J connectivity index is 0.00000156. The molecule has 0 saturated carbocycles. The molecule has 0 aromatic carbocycles.